The van der Waals surface area contributed by atoms with Crippen LogP contribution >= 0.6 is 0 Å². The highest BCUT2D eigenvalue weighted by atomic mass is 15.2. The van der Waals surface area contributed by atoms with Crippen LogP contribution < -0.4 is 0 Å². The van der Waals surface area contributed by atoms with Crippen LogP contribution in [0.5, 0.6) is 0 Å². The molecule has 0 aromatic heterocycles. The Morgan fingerprint density at radius 1 is 0.833 bits per heavy atom. The van der Waals surface area contributed by atoms with Crippen molar-refractivity contribution in [2.75, 3.05) is 33.2 Å². The second-order valence-corrected chi connectivity index (χ2v) is 8.11. The van der Waals surface area contributed by atoms with E-state index in [1.54, 1.807) is 0 Å². The molecule has 1 fully saturated rings. The first kappa shape index (κ1) is 17.2. The van der Waals surface area contributed by atoms with Crippen molar-refractivity contribution in [3.63, 3.8) is 0 Å². The lowest BCUT2D eigenvalue weighted by Gasteiger charge is -2.32. The van der Waals surface area contributed by atoms with Gasteiger partial charge in [-0.15, -0.1) is 0 Å². The molecule has 1 heterocycles. The van der Waals surface area contributed by atoms with Crippen molar-refractivity contribution in [2.24, 2.45) is 0 Å². The SMILES string of the molecule is CN1CCN(Cc2cccc(-c3ccc(C(C)(C)C)cc3)c2)CC1. The Morgan fingerprint density at radius 2 is 1.50 bits per heavy atom. The van der Waals surface area contributed by atoms with Gasteiger partial charge in [0, 0.05) is 32.7 Å². The molecule has 2 nitrogen and oxygen atoms in total. The van der Waals surface area contributed by atoms with E-state index in [1.807, 2.05) is 0 Å². The largest absolute Gasteiger partial charge is 0.304 e. The minimum atomic E-state index is 0.210. The molecule has 2 heteroatoms. The van der Waals surface area contributed by atoms with Crippen LogP contribution in [-0.2, 0) is 12.0 Å². The molecule has 0 N–H and O–H groups in total. The lowest BCUT2D eigenvalue weighted by atomic mass is 9.86. The molecule has 0 amide bonds. The van der Waals surface area contributed by atoms with Crippen LogP contribution in [0, 0.1) is 0 Å². The van der Waals surface area contributed by atoms with Crippen LogP contribution in [0.2, 0.25) is 0 Å². The van der Waals surface area contributed by atoms with Crippen LogP contribution in [0.15, 0.2) is 48.5 Å². The number of hydrogen-bond acceptors (Lipinski definition) is 2. The zero-order chi connectivity index (χ0) is 17.2. The zero-order valence-electron chi connectivity index (χ0n) is 15.5. The number of likely N-dealkylation sites (N-methyl/N-ethyl adjacent to an activating group) is 1. The van der Waals surface area contributed by atoms with Gasteiger partial charge in [-0.3, -0.25) is 4.90 Å². The summed E-state index contributed by atoms with van der Waals surface area (Å²) in [5, 5.41) is 0. The molecule has 1 saturated heterocycles. The molecule has 0 spiro atoms. The Hall–Kier alpha value is -1.64. The van der Waals surface area contributed by atoms with Gasteiger partial charge in [0.25, 0.3) is 0 Å². The third-order valence-corrected chi connectivity index (χ3v) is 5.01. The van der Waals surface area contributed by atoms with Crippen molar-refractivity contribution >= 4 is 0 Å². The Kier molecular flexibility index (Phi) is 5.07. The van der Waals surface area contributed by atoms with E-state index in [0.29, 0.717) is 0 Å². The van der Waals surface area contributed by atoms with Gasteiger partial charge in [0.1, 0.15) is 0 Å². The molecule has 3 rings (SSSR count). The van der Waals surface area contributed by atoms with E-state index in [2.05, 4.69) is 86.1 Å². The average molecular weight is 322 g/mol. The van der Waals surface area contributed by atoms with Gasteiger partial charge in [-0.1, -0.05) is 63.2 Å². The topological polar surface area (TPSA) is 6.48 Å². The highest BCUT2D eigenvalue weighted by molar-refractivity contribution is 5.64. The van der Waals surface area contributed by atoms with Gasteiger partial charge in [-0.2, -0.15) is 0 Å². The highest BCUT2D eigenvalue weighted by Crippen LogP contribution is 2.26. The van der Waals surface area contributed by atoms with Crippen molar-refractivity contribution in [3.8, 4) is 11.1 Å². The lowest BCUT2D eigenvalue weighted by Crippen LogP contribution is -2.43. The van der Waals surface area contributed by atoms with Gasteiger partial charge in [0.2, 0.25) is 0 Å². The average Bonchev–Trinajstić information content (AvgIpc) is 2.57. The number of piperazine rings is 1. The van der Waals surface area contributed by atoms with E-state index in [-0.39, 0.29) is 5.41 Å². The van der Waals surface area contributed by atoms with Crippen molar-refractivity contribution < 1.29 is 0 Å². The fourth-order valence-electron chi connectivity index (χ4n) is 3.28. The predicted octanol–water partition coefficient (Wildman–Crippen LogP) is 4.40. The molecule has 1 aliphatic rings. The summed E-state index contributed by atoms with van der Waals surface area (Å²) >= 11 is 0. The van der Waals surface area contributed by atoms with Crippen molar-refractivity contribution in [3.05, 3.63) is 59.7 Å². The maximum atomic E-state index is 2.56. The van der Waals surface area contributed by atoms with E-state index in [1.165, 1.54) is 48.4 Å². The molecule has 2 aromatic rings. The molecular formula is C22H30N2. The van der Waals surface area contributed by atoms with E-state index in [4.69, 9.17) is 0 Å². The number of benzene rings is 2. The Bertz CT molecular complexity index is 659. The third kappa shape index (κ3) is 4.25. The minimum absolute atomic E-state index is 0.210. The molecule has 0 aliphatic carbocycles. The Balaban J connectivity index is 1.73. The van der Waals surface area contributed by atoms with Gasteiger partial charge < -0.3 is 4.90 Å². The fourth-order valence-corrected chi connectivity index (χ4v) is 3.28. The van der Waals surface area contributed by atoms with Crippen LogP contribution in [0.1, 0.15) is 31.9 Å². The second-order valence-electron chi connectivity index (χ2n) is 8.11. The van der Waals surface area contributed by atoms with Crippen molar-refractivity contribution in [1.29, 1.82) is 0 Å². The molecule has 0 radical (unpaired) electrons. The minimum Gasteiger partial charge on any atom is -0.304 e. The maximum absolute atomic E-state index is 2.56. The van der Waals surface area contributed by atoms with Gasteiger partial charge >= 0.3 is 0 Å². The van der Waals surface area contributed by atoms with E-state index in [9.17, 15) is 0 Å². The number of hydrogen-bond donors (Lipinski definition) is 0. The smallest absolute Gasteiger partial charge is 0.0235 e. The van der Waals surface area contributed by atoms with Crippen LogP contribution in [0.3, 0.4) is 0 Å². The quantitative estimate of drug-likeness (QED) is 0.826. The second kappa shape index (κ2) is 7.08. The van der Waals surface area contributed by atoms with E-state index in [0.717, 1.165) is 6.54 Å². The maximum Gasteiger partial charge on any atom is 0.0235 e. The molecule has 0 unspecified atom stereocenters. The van der Waals surface area contributed by atoms with E-state index < -0.39 is 0 Å². The Morgan fingerprint density at radius 3 is 2.12 bits per heavy atom. The lowest BCUT2D eigenvalue weighted by molar-refractivity contribution is 0.148. The summed E-state index contributed by atoms with van der Waals surface area (Å²) < 4.78 is 0. The summed E-state index contributed by atoms with van der Waals surface area (Å²) in [5.74, 6) is 0. The summed E-state index contributed by atoms with van der Waals surface area (Å²) in [6, 6.07) is 18.1. The summed E-state index contributed by atoms with van der Waals surface area (Å²) in [7, 11) is 2.21. The molecule has 2 aromatic carbocycles. The number of nitrogens with zero attached hydrogens (tertiary/aromatic N) is 2. The zero-order valence-corrected chi connectivity index (χ0v) is 15.5. The van der Waals surface area contributed by atoms with Gasteiger partial charge in [0.15, 0.2) is 0 Å². The molecule has 0 bridgehead atoms. The van der Waals surface area contributed by atoms with Crippen molar-refractivity contribution in [1.82, 2.24) is 9.80 Å². The molecule has 1 aliphatic heterocycles. The number of rotatable bonds is 3. The fraction of sp³-hybridized carbons (Fsp3) is 0.455. The van der Waals surface area contributed by atoms with Gasteiger partial charge in [-0.25, -0.2) is 0 Å². The van der Waals surface area contributed by atoms with E-state index >= 15 is 0 Å². The summed E-state index contributed by atoms with van der Waals surface area (Å²) in [6.07, 6.45) is 0. The summed E-state index contributed by atoms with van der Waals surface area (Å²) in [4.78, 5) is 4.96. The van der Waals surface area contributed by atoms with Crippen LogP contribution in [0.4, 0.5) is 0 Å². The molecule has 0 atom stereocenters. The van der Waals surface area contributed by atoms with Crippen molar-refractivity contribution in [2.45, 2.75) is 32.7 Å². The standard InChI is InChI=1S/C22H30N2/c1-22(2,3)21-10-8-19(9-11-21)20-7-5-6-18(16-20)17-24-14-12-23(4)13-15-24/h5-11,16H,12-15,17H2,1-4H3. The normalized spacial score (nSPS) is 17.2. The Labute approximate surface area is 147 Å². The third-order valence-electron chi connectivity index (χ3n) is 5.01. The monoisotopic (exact) mass is 322 g/mol. The van der Waals surface area contributed by atoms with Gasteiger partial charge in [0.05, 0.1) is 0 Å². The molecule has 0 saturated carbocycles. The van der Waals surface area contributed by atoms with Crippen LogP contribution in [0.25, 0.3) is 11.1 Å². The first-order valence-corrected chi connectivity index (χ1v) is 9.02. The molecular weight excluding hydrogens is 292 g/mol. The van der Waals surface area contributed by atoms with Crippen LogP contribution in [-0.4, -0.2) is 43.0 Å². The first-order chi connectivity index (χ1) is 11.4. The highest BCUT2D eigenvalue weighted by Gasteiger charge is 2.15. The molecule has 24 heavy (non-hydrogen) atoms. The predicted molar refractivity (Wildman–Crippen MR) is 103 cm³/mol. The van der Waals surface area contributed by atoms with Gasteiger partial charge in [-0.05, 0) is 40.8 Å². The summed E-state index contributed by atoms with van der Waals surface area (Å²) in [5.41, 5.74) is 5.64. The summed E-state index contributed by atoms with van der Waals surface area (Å²) in [6.45, 7) is 12.5. The molecule has 128 valence electrons. The first-order valence-electron chi connectivity index (χ1n) is 9.02.